The van der Waals surface area contributed by atoms with Crippen molar-refractivity contribution in [2.75, 3.05) is 19.6 Å². The first-order valence-corrected chi connectivity index (χ1v) is 9.12. The number of nitrogens with one attached hydrogen (secondary N) is 2. The van der Waals surface area contributed by atoms with Crippen LogP contribution in [0.2, 0.25) is 0 Å². The lowest BCUT2D eigenvalue weighted by Gasteiger charge is -2.30. The summed E-state index contributed by atoms with van der Waals surface area (Å²) in [6, 6.07) is 10.3. The molecule has 2 aromatic rings. The molecule has 1 amide bonds. The second-order valence-electron chi connectivity index (χ2n) is 6.81. The summed E-state index contributed by atoms with van der Waals surface area (Å²) >= 11 is 0. The van der Waals surface area contributed by atoms with Gasteiger partial charge in [0.25, 0.3) is 5.91 Å². The van der Waals surface area contributed by atoms with Gasteiger partial charge in [0.1, 0.15) is 11.6 Å². The number of piperidine rings is 1. The Balaban J connectivity index is 1.48. The zero-order valence-electron chi connectivity index (χ0n) is 14.7. The van der Waals surface area contributed by atoms with Crippen LogP contribution in [0.3, 0.4) is 0 Å². The van der Waals surface area contributed by atoms with E-state index in [4.69, 9.17) is 4.42 Å². The maximum Gasteiger partial charge on any atom is 0.287 e. The first-order valence-electron chi connectivity index (χ1n) is 9.12. The van der Waals surface area contributed by atoms with Crippen LogP contribution in [-0.2, 0) is 0 Å². The van der Waals surface area contributed by atoms with Gasteiger partial charge in [-0.3, -0.25) is 4.79 Å². The summed E-state index contributed by atoms with van der Waals surface area (Å²) in [5, 5.41) is 2.89. The largest absolute Gasteiger partial charge is 0.451 e. The summed E-state index contributed by atoms with van der Waals surface area (Å²) in [5.41, 5.74) is 0.365. The highest BCUT2D eigenvalue weighted by molar-refractivity contribution is 5.92. The molecule has 5 heteroatoms. The number of halogens is 1. The van der Waals surface area contributed by atoms with Crippen LogP contribution in [0.15, 0.2) is 40.8 Å². The molecule has 1 saturated heterocycles. The minimum atomic E-state index is -0.359. The van der Waals surface area contributed by atoms with Crippen molar-refractivity contribution in [3.05, 3.63) is 48.0 Å². The number of carbonyl (C=O) groups is 1. The molecule has 1 aliphatic heterocycles. The third kappa shape index (κ3) is 4.48. The number of furan rings is 1. The molecule has 1 fully saturated rings. The fourth-order valence-corrected chi connectivity index (χ4v) is 3.49. The van der Waals surface area contributed by atoms with Crippen LogP contribution in [0.5, 0.6) is 0 Å². The van der Waals surface area contributed by atoms with E-state index in [2.05, 4.69) is 12.2 Å². The van der Waals surface area contributed by atoms with E-state index in [0.29, 0.717) is 17.9 Å². The molecule has 3 rings (SSSR count). The third-order valence-electron chi connectivity index (χ3n) is 5.01. The highest BCUT2D eigenvalue weighted by Gasteiger charge is 2.21. The number of hydrogen-bond acceptors (Lipinski definition) is 2. The van der Waals surface area contributed by atoms with Crippen molar-refractivity contribution in [1.29, 1.82) is 0 Å². The van der Waals surface area contributed by atoms with E-state index in [9.17, 15) is 9.18 Å². The second kappa shape index (κ2) is 8.30. The standard InChI is InChI=1S/C20H25FN2O2/c1-15-7-4-5-13-23(15)14-6-12-22-20(24)19-11-10-18(25-19)16-8-2-3-9-17(16)21/h2-3,8-11,15H,4-7,12-14H2,1H3,(H,22,24)/p+1/t15-/m1/s1. The molecule has 0 bridgehead atoms. The molecule has 134 valence electrons. The molecule has 0 radical (unpaired) electrons. The molecular weight excluding hydrogens is 319 g/mol. The molecule has 0 spiro atoms. The highest BCUT2D eigenvalue weighted by atomic mass is 19.1. The van der Waals surface area contributed by atoms with Gasteiger partial charge in [0.2, 0.25) is 0 Å². The second-order valence-corrected chi connectivity index (χ2v) is 6.81. The van der Waals surface area contributed by atoms with Crippen molar-refractivity contribution < 1.29 is 18.5 Å². The van der Waals surface area contributed by atoms with Crippen molar-refractivity contribution in [3.63, 3.8) is 0 Å². The number of benzene rings is 1. The summed E-state index contributed by atoms with van der Waals surface area (Å²) in [7, 11) is 0. The van der Waals surface area contributed by atoms with Crippen LogP contribution in [0.25, 0.3) is 11.3 Å². The lowest BCUT2D eigenvalue weighted by atomic mass is 10.0. The van der Waals surface area contributed by atoms with Gasteiger partial charge in [0.15, 0.2) is 5.76 Å². The molecule has 2 atom stereocenters. The Morgan fingerprint density at radius 3 is 2.92 bits per heavy atom. The summed E-state index contributed by atoms with van der Waals surface area (Å²) in [4.78, 5) is 13.8. The zero-order valence-corrected chi connectivity index (χ0v) is 14.7. The normalized spacial score (nSPS) is 20.4. The Morgan fingerprint density at radius 1 is 1.28 bits per heavy atom. The molecular formula is C20H26FN2O2+. The summed E-state index contributed by atoms with van der Waals surface area (Å²) in [6.45, 7) is 5.25. The predicted molar refractivity (Wildman–Crippen MR) is 95.1 cm³/mol. The van der Waals surface area contributed by atoms with E-state index in [1.165, 1.54) is 31.9 Å². The molecule has 2 N–H and O–H groups in total. The van der Waals surface area contributed by atoms with E-state index < -0.39 is 0 Å². The van der Waals surface area contributed by atoms with Crippen LogP contribution in [0.1, 0.15) is 43.2 Å². The van der Waals surface area contributed by atoms with Gasteiger partial charge >= 0.3 is 0 Å². The molecule has 1 aromatic heterocycles. The molecule has 1 aromatic carbocycles. The van der Waals surface area contributed by atoms with Gasteiger partial charge in [-0.05, 0) is 50.5 Å². The van der Waals surface area contributed by atoms with Crippen LogP contribution in [-0.4, -0.2) is 31.6 Å². The lowest BCUT2D eigenvalue weighted by Crippen LogP contribution is -3.16. The van der Waals surface area contributed by atoms with E-state index in [0.717, 1.165) is 19.0 Å². The van der Waals surface area contributed by atoms with Gasteiger partial charge in [-0.15, -0.1) is 0 Å². The SMILES string of the molecule is C[C@@H]1CCCC[NH+]1CCCNC(=O)c1ccc(-c2ccccc2F)o1. The fourth-order valence-electron chi connectivity index (χ4n) is 3.49. The number of hydrogen-bond donors (Lipinski definition) is 2. The van der Waals surface area contributed by atoms with Crippen LogP contribution >= 0.6 is 0 Å². The molecule has 1 unspecified atom stereocenters. The number of likely N-dealkylation sites (tertiary alicyclic amines) is 1. The predicted octanol–water partition coefficient (Wildman–Crippen LogP) is 2.66. The minimum Gasteiger partial charge on any atom is -0.451 e. The molecule has 1 aliphatic rings. The Kier molecular flexibility index (Phi) is 5.87. The van der Waals surface area contributed by atoms with Gasteiger partial charge in [-0.2, -0.15) is 0 Å². The highest BCUT2D eigenvalue weighted by Crippen LogP contribution is 2.24. The van der Waals surface area contributed by atoms with Gasteiger partial charge in [-0.1, -0.05) is 12.1 Å². The van der Waals surface area contributed by atoms with Gasteiger partial charge < -0.3 is 14.6 Å². The molecule has 2 heterocycles. The quantitative estimate of drug-likeness (QED) is 0.791. The Labute approximate surface area is 148 Å². The number of rotatable bonds is 6. The summed E-state index contributed by atoms with van der Waals surface area (Å²) in [6.07, 6.45) is 4.89. The first-order chi connectivity index (χ1) is 12.1. The molecule has 25 heavy (non-hydrogen) atoms. The average Bonchev–Trinajstić information content (AvgIpc) is 3.10. The van der Waals surface area contributed by atoms with Crippen molar-refractivity contribution in [2.45, 2.75) is 38.6 Å². The van der Waals surface area contributed by atoms with E-state index in [1.807, 2.05) is 0 Å². The van der Waals surface area contributed by atoms with Crippen molar-refractivity contribution in [2.24, 2.45) is 0 Å². The number of quaternary nitrogens is 1. The van der Waals surface area contributed by atoms with Gasteiger partial charge in [0, 0.05) is 13.0 Å². The van der Waals surface area contributed by atoms with Gasteiger partial charge in [-0.25, -0.2) is 4.39 Å². The number of amides is 1. The van der Waals surface area contributed by atoms with E-state index >= 15 is 0 Å². The van der Waals surface area contributed by atoms with Crippen LogP contribution in [0, 0.1) is 5.82 Å². The monoisotopic (exact) mass is 345 g/mol. The maximum atomic E-state index is 13.8. The molecule has 0 saturated carbocycles. The van der Waals surface area contributed by atoms with E-state index in [1.54, 1.807) is 35.2 Å². The Morgan fingerprint density at radius 2 is 2.12 bits per heavy atom. The smallest absolute Gasteiger partial charge is 0.287 e. The fraction of sp³-hybridized carbons (Fsp3) is 0.450. The average molecular weight is 345 g/mol. The topological polar surface area (TPSA) is 46.7 Å². The summed E-state index contributed by atoms with van der Waals surface area (Å²) in [5.74, 6) is -0.0153. The summed E-state index contributed by atoms with van der Waals surface area (Å²) < 4.78 is 19.3. The Hall–Kier alpha value is -2.14. The first kappa shape index (κ1) is 17.7. The van der Waals surface area contributed by atoms with Crippen molar-refractivity contribution in [1.82, 2.24) is 5.32 Å². The minimum absolute atomic E-state index is 0.219. The van der Waals surface area contributed by atoms with Crippen molar-refractivity contribution >= 4 is 5.91 Å². The van der Waals surface area contributed by atoms with Crippen LogP contribution in [0.4, 0.5) is 4.39 Å². The lowest BCUT2D eigenvalue weighted by molar-refractivity contribution is -0.928. The van der Waals surface area contributed by atoms with Crippen LogP contribution < -0.4 is 10.2 Å². The maximum absolute atomic E-state index is 13.8. The number of carbonyl (C=O) groups excluding carboxylic acids is 1. The zero-order chi connectivity index (χ0) is 17.6. The van der Waals surface area contributed by atoms with Gasteiger partial charge in [0.05, 0.1) is 24.7 Å². The van der Waals surface area contributed by atoms with E-state index in [-0.39, 0.29) is 17.5 Å². The van der Waals surface area contributed by atoms with Crippen molar-refractivity contribution in [3.8, 4) is 11.3 Å². The molecule has 0 aliphatic carbocycles. The Bertz CT molecular complexity index is 713. The molecule has 4 nitrogen and oxygen atoms in total. The third-order valence-corrected chi connectivity index (χ3v) is 5.01.